The van der Waals surface area contributed by atoms with Gasteiger partial charge in [0.05, 0.1) is 4.47 Å². The minimum atomic E-state index is 0.0305. The van der Waals surface area contributed by atoms with Crippen LogP contribution in [0.1, 0.15) is 33.6 Å². The number of nitrogen functional groups attached to an aromatic ring is 1. The van der Waals surface area contributed by atoms with Gasteiger partial charge in [-0.1, -0.05) is 13.8 Å². The molecule has 90 valence electrons. The van der Waals surface area contributed by atoms with Gasteiger partial charge < -0.3 is 5.32 Å². The van der Waals surface area contributed by atoms with Crippen LogP contribution in [0.5, 0.6) is 0 Å². The summed E-state index contributed by atoms with van der Waals surface area (Å²) in [5, 5.41) is 3.40. The van der Waals surface area contributed by atoms with Crippen molar-refractivity contribution in [2.24, 2.45) is 5.84 Å². The van der Waals surface area contributed by atoms with E-state index in [1.54, 1.807) is 6.20 Å². The van der Waals surface area contributed by atoms with Crippen LogP contribution in [0.2, 0.25) is 0 Å². The Morgan fingerprint density at radius 2 is 2.06 bits per heavy atom. The molecule has 0 spiro atoms. The van der Waals surface area contributed by atoms with Crippen molar-refractivity contribution in [2.45, 2.75) is 39.2 Å². The number of hydrogen-bond acceptors (Lipinski definition) is 5. The molecule has 16 heavy (non-hydrogen) atoms. The normalized spacial score (nSPS) is 11.3. The molecule has 0 bridgehead atoms. The summed E-state index contributed by atoms with van der Waals surface area (Å²) in [6.07, 6.45) is 3.72. The largest absolute Gasteiger partial charge is 0.364 e. The van der Waals surface area contributed by atoms with Crippen molar-refractivity contribution >= 4 is 27.7 Å². The summed E-state index contributed by atoms with van der Waals surface area (Å²) in [7, 11) is 0. The van der Waals surface area contributed by atoms with E-state index in [-0.39, 0.29) is 5.54 Å². The molecule has 1 aromatic rings. The smallest absolute Gasteiger partial charge is 0.239 e. The second-order valence-corrected chi connectivity index (χ2v) is 4.78. The number of nitrogens with two attached hydrogens (primary N) is 1. The van der Waals surface area contributed by atoms with Crippen molar-refractivity contribution in [1.82, 2.24) is 9.97 Å². The Morgan fingerprint density at radius 3 is 2.56 bits per heavy atom. The number of aromatic nitrogens is 2. The fourth-order valence-electron chi connectivity index (χ4n) is 1.24. The lowest BCUT2D eigenvalue weighted by atomic mass is 9.96. The highest BCUT2D eigenvalue weighted by molar-refractivity contribution is 9.10. The molecule has 0 atom stereocenters. The lowest BCUT2D eigenvalue weighted by molar-refractivity contribution is 0.476. The number of anilines is 2. The predicted molar refractivity (Wildman–Crippen MR) is 70.2 cm³/mol. The maximum Gasteiger partial charge on any atom is 0.239 e. The lowest BCUT2D eigenvalue weighted by Crippen LogP contribution is -2.33. The van der Waals surface area contributed by atoms with Gasteiger partial charge in [-0.15, -0.1) is 0 Å². The standard InChI is InChI=1S/C10H18BrN5/c1-4-10(3,5-2)15-8-7(11)6-13-9(14-8)16-12/h6H,4-5,12H2,1-3H3,(H2,13,14,15,16). The molecule has 5 nitrogen and oxygen atoms in total. The Labute approximate surface area is 104 Å². The number of halogens is 1. The second kappa shape index (κ2) is 5.45. The molecule has 0 radical (unpaired) electrons. The molecule has 1 rings (SSSR count). The summed E-state index contributed by atoms with van der Waals surface area (Å²) in [4.78, 5) is 8.27. The Kier molecular flexibility index (Phi) is 4.49. The van der Waals surface area contributed by atoms with Crippen LogP contribution in [0, 0.1) is 0 Å². The summed E-state index contributed by atoms with van der Waals surface area (Å²) in [6.45, 7) is 6.46. The molecule has 0 saturated heterocycles. The molecule has 6 heteroatoms. The Balaban J connectivity index is 2.95. The summed E-state index contributed by atoms with van der Waals surface area (Å²) < 4.78 is 0.833. The first-order valence-corrected chi connectivity index (χ1v) is 6.11. The zero-order valence-electron chi connectivity index (χ0n) is 9.84. The van der Waals surface area contributed by atoms with Gasteiger partial charge in [-0.25, -0.2) is 10.8 Å². The highest BCUT2D eigenvalue weighted by Crippen LogP contribution is 2.26. The Morgan fingerprint density at radius 1 is 1.44 bits per heavy atom. The van der Waals surface area contributed by atoms with Crippen molar-refractivity contribution in [1.29, 1.82) is 0 Å². The van der Waals surface area contributed by atoms with E-state index in [4.69, 9.17) is 5.84 Å². The highest BCUT2D eigenvalue weighted by Gasteiger charge is 2.21. The van der Waals surface area contributed by atoms with Gasteiger partial charge in [-0.05, 0) is 35.7 Å². The topological polar surface area (TPSA) is 75.9 Å². The summed E-state index contributed by atoms with van der Waals surface area (Å²) in [5.41, 5.74) is 2.46. The summed E-state index contributed by atoms with van der Waals surface area (Å²) >= 11 is 3.41. The third-order valence-corrected chi connectivity index (χ3v) is 3.43. The van der Waals surface area contributed by atoms with E-state index in [0.717, 1.165) is 23.1 Å². The van der Waals surface area contributed by atoms with E-state index in [2.05, 4.69) is 57.4 Å². The maximum absolute atomic E-state index is 5.28. The fourth-order valence-corrected chi connectivity index (χ4v) is 1.53. The van der Waals surface area contributed by atoms with Gasteiger partial charge in [0, 0.05) is 11.7 Å². The molecule has 1 heterocycles. The van der Waals surface area contributed by atoms with E-state index in [9.17, 15) is 0 Å². The van der Waals surface area contributed by atoms with Gasteiger partial charge in [0.1, 0.15) is 5.82 Å². The van der Waals surface area contributed by atoms with Crippen LogP contribution in [0.3, 0.4) is 0 Å². The van der Waals surface area contributed by atoms with Crippen molar-refractivity contribution in [3.63, 3.8) is 0 Å². The van der Waals surface area contributed by atoms with E-state index >= 15 is 0 Å². The molecule has 1 aromatic heterocycles. The first-order chi connectivity index (χ1) is 7.54. The molecule has 0 unspecified atom stereocenters. The van der Waals surface area contributed by atoms with Crippen LogP contribution in [-0.2, 0) is 0 Å². The van der Waals surface area contributed by atoms with Gasteiger partial charge in [0.2, 0.25) is 5.95 Å². The van der Waals surface area contributed by atoms with E-state index in [1.807, 2.05) is 0 Å². The quantitative estimate of drug-likeness (QED) is 0.573. The zero-order chi connectivity index (χ0) is 12.2. The van der Waals surface area contributed by atoms with Crippen molar-refractivity contribution in [3.05, 3.63) is 10.7 Å². The first-order valence-electron chi connectivity index (χ1n) is 5.32. The predicted octanol–water partition coefficient (Wildman–Crippen LogP) is 2.52. The van der Waals surface area contributed by atoms with Crippen LogP contribution < -0.4 is 16.6 Å². The maximum atomic E-state index is 5.28. The molecule has 0 aliphatic rings. The first kappa shape index (κ1) is 13.2. The average Bonchev–Trinajstić information content (AvgIpc) is 2.32. The number of hydrogen-bond donors (Lipinski definition) is 3. The number of rotatable bonds is 5. The van der Waals surface area contributed by atoms with E-state index < -0.39 is 0 Å². The number of nitrogens with one attached hydrogen (secondary N) is 2. The average molecular weight is 288 g/mol. The Bertz CT molecular complexity index is 351. The Hall–Kier alpha value is -0.880. The second-order valence-electron chi connectivity index (χ2n) is 3.93. The van der Waals surface area contributed by atoms with Gasteiger partial charge >= 0.3 is 0 Å². The van der Waals surface area contributed by atoms with Crippen LogP contribution in [0.25, 0.3) is 0 Å². The summed E-state index contributed by atoms with van der Waals surface area (Å²) in [6, 6.07) is 0. The van der Waals surface area contributed by atoms with Crippen LogP contribution in [0.15, 0.2) is 10.7 Å². The van der Waals surface area contributed by atoms with Crippen molar-refractivity contribution in [2.75, 3.05) is 10.7 Å². The van der Waals surface area contributed by atoms with Crippen molar-refractivity contribution < 1.29 is 0 Å². The van der Waals surface area contributed by atoms with Gasteiger partial charge in [-0.3, -0.25) is 5.43 Å². The fraction of sp³-hybridized carbons (Fsp3) is 0.600. The third kappa shape index (κ3) is 3.05. The van der Waals surface area contributed by atoms with Crippen LogP contribution in [-0.4, -0.2) is 15.5 Å². The zero-order valence-corrected chi connectivity index (χ0v) is 11.4. The molecule has 0 fully saturated rings. The molecule has 0 saturated carbocycles. The monoisotopic (exact) mass is 287 g/mol. The molecule has 0 aromatic carbocycles. The molecular formula is C10H18BrN5. The molecule has 0 aliphatic carbocycles. The highest BCUT2D eigenvalue weighted by atomic mass is 79.9. The lowest BCUT2D eigenvalue weighted by Gasteiger charge is -2.29. The molecule has 4 N–H and O–H groups in total. The van der Waals surface area contributed by atoms with Gasteiger partial charge in [-0.2, -0.15) is 4.98 Å². The van der Waals surface area contributed by atoms with Gasteiger partial charge in [0.15, 0.2) is 0 Å². The van der Waals surface area contributed by atoms with Crippen LogP contribution >= 0.6 is 15.9 Å². The summed E-state index contributed by atoms with van der Waals surface area (Å²) in [5.74, 6) is 6.44. The van der Waals surface area contributed by atoms with E-state index in [0.29, 0.717) is 5.95 Å². The van der Waals surface area contributed by atoms with E-state index in [1.165, 1.54) is 0 Å². The minimum Gasteiger partial charge on any atom is -0.364 e. The molecular weight excluding hydrogens is 270 g/mol. The van der Waals surface area contributed by atoms with Crippen molar-refractivity contribution in [3.8, 4) is 0 Å². The molecule has 0 amide bonds. The minimum absolute atomic E-state index is 0.0305. The third-order valence-electron chi connectivity index (χ3n) is 2.85. The SMILES string of the molecule is CCC(C)(CC)Nc1nc(NN)ncc1Br. The number of hydrazine groups is 1. The van der Waals surface area contributed by atoms with Gasteiger partial charge in [0.25, 0.3) is 0 Å². The van der Waals surface area contributed by atoms with Crippen LogP contribution in [0.4, 0.5) is 11.8 Å². The molecule has 0 aliphatic heterocycles. The number of nitrogens with zero attached hydrogens (tertiary/aromatic N) is 2.